The molecule has 0 bridgehead atoms. The summed E-state index contributed by atoms with van der Waals surface area (Å²) in [5, 5.41) is 37.9. The number of rotatable bonds is 14. The second-order valence-corrected chi connectivity index (χ2v) is 15.5. The van der Waals surface area contributed by atoms with Crippen LogP contribution in [0, 0.1) is 5.92 Å². The summed E-state index contributed by atoms with van der Waals surface area (Å²) in [6.07, 6.45) is 10.7. The first-order valence-electron chi connectivity index (χ1n) is 20.5. The lowest BCUT2D eigenvalue weighted by Gasteiger charge is -2.14. The van der Waals surface area contributed by atoms with Crippen LogP contribution in [0.1, 0.15) is 65.1 Å². The number of benzene rings is 5. The minimum Gasteiger partial charge on any atom is -0.508 e. The van der Waals surface area contributed by atoms with E-state index in [1.54, 1.807) is 97.3 Å². The number of nitrogens with zero attached hydrogens (tertiary/aromatic N) is 4. The molecule has 8 rings (SSSR count). The molecule has 0 amide bonds. The van der Waals surface area contributed by atoms with Crippen LogP contribution in [0.15, 0.2) is 140 Å². The van der Waals surface area contributed by atoms with E-state index in [0.29, 0.717) is 30.1 Å². The van der Waals surface area contributed by atoms with Gasteiger partial charge in [-0.05, 0) is 102 Å². The predicted molar refractivity (Wildman–Crippen MR) is 234 cm³/mol. The van der Waals surface area contributed by atoms with Crippen molar-refractivity contribution >= 4 is 11.6 Å². The molecule has 0 radical (unpaired) electrons. The van der Waals surface area contributed by atoms with Gasteiger partial charge >= 0.3 is 0 Å². The minimum atomic E-state index is 0.0340. The van der Waals surface area contributed by atoms with Crippen LogP contribution in [0.5, 0.6) is 23.0 Å². The quantitative estimate of drug-likeness (QED) is 0.0832. The fourth-order valence-electron chi connectivity index (χ4n) is 7.51. The Morgan fingerprint density at radius 2 is 0.869 bits per heavy atom. The van der Waals surface area contributed by atoms with E-state index >= 15 is 0 Å². The molecule has 10 nitrogen and oxygen atoms in total. The van der Waals surface area contributed by atoms with Gasteiger partial charge in [0.05, 0.1) is 59.4 Å². The fourth-order valence-corrected chi connectivity index (χ4v) is 7.51. The van der Waals surface area contributed by atoms with Crippen LogP contribution in [-0.2, 0) is 48.1 Å². The summed E-state index contributed by atoms with van der Waals surface area (Å²) in [6, 6.07) is 37.1. The lowest BCUT2D eigenvalue weighted by Crippen LogP contribution is -2.13. The van der Waals surface area contributed by atoms with Gasteiger partial charge in [0.25, 0.3) is 0 Å². The Kier molecular flexibility index (Phi) is 13.9. The maximum Gasteiger partial charge on any atom is 0.143 e. The number of carbonyl (C=O) groups excluding carboxylic acids is 2. The summed E-state index contributed by atoms with van der Waals surface area (Å²) in [7, 11) is 0. The molecule has 308 valence electrons. The molecule has 0 atom stereocenters. The van der Waals surface area contributed by atoms with Gasteiger partial charge in [-0.15, -0.1) is 0 Å². The van der Waals surface area contributed by atoms with E-state index < -0.39 is 0 Å². The van der Waals surface area contributed by atoms with E-state index in [1.807, 2.05) is 42.5 Å². The van der Waals surface area contributed by atoms with Crippen LogP contribution < -0.4 is 0 Å². The number of carbonyl (C=O) groups is 2. The highest BCUT2D eigenvalue weighted by Crippen LogP contribution is 2.30. The highest BCUT2D eigenvalue weighted by atomic mass is 16.3. The molecule has 1 aliphatic rings. The van der Waals surface area contributed by atoms with Gasteiger partial charge in [-0.1, -0.05) is 80.3 Å². The summed E-state index contributed by atoms with van der Waals surface area (Å²) < 4.78 is 0. The monoisotopic (exact) mass is 812 g/mol. The first kappa shape index (κ1) is 41.9. The van der Waals surface area contributed by atoms with Gasteiger partial charge in [0.15, 0.2) is 0 Å². The van der Waals surface area contributed by atoms with Crippen LogP contribution in [-0.4, -0.2) is 51.9 Å². The third kappa shape index (κ3) is 12.2. The first-order valence-corrected chi connectivity index (χ1v) is 20.5. The van der Waals surface area contributed by atoms with Crippen LogP contribution in [0.3, 0.4) is 0 Å². The van der Waals surface area contributed by atoms with E-state index in [-0.39, 0.29) is 53.8 Å². The summed E-state index contributed by atoms with van der Waals surface area (Å²) in [6.45, 7) is 0. The zero-order chi connectivity index (χ0) is 42.6. The largest absolute Gasteiger partial charge is 0.508 e. The van der Waals surface area contributed by atoms with Crippen LogP contribution >= 0.6 is 0 Å². The molecule has 4 N–H and O–H groups in total. The van der Waals surface area contributed by atoms with E-state index in [9.17, 15) is 30.0 Å². The van der Waals surface area contributed by atoms with Crippen molar-refractivity contribution in [1.29, 1.82) is 0 Å². The molecule has 1 fully saturated rings. The molecule has 0 saturated heterocycles. The van der Waals surface area contributed by atoms with Crippen molar-refractivity contribution in [2.75, 3.05) is 0 Å². The maximum absolute atomic E-state index is 12.7. The van der Waals surface area contributed by atoms with Crippen molar-refractivity contribution in [2.45, 2.75) is 64.2 Å². The van der Waals surface area contributed by atoms with Gasteiger partial charge in [-0.2, -0.15) is 0 Å². The maximum atomic E-state index is 12.7. The highest BCUT2D eigenvalue weighted by molar-refractivity contribution is 5.83. The zero-order valence-corrected chi connectivity index (χ0v) is 33.8. The van der Waals surface area contributed by atoms with Gasteiger partial charge < -0.3 is 20.4 Å². The number of aromatic nitrogens is 4. The second kappa shape index (κ2) is 20.2. The average Bonchev–Trinajstić information content (AvgIpc) is 3.78. The van der Waals surface area contributed by atoms with E-state index in [1.165, 1.54) is 25.7 Å². The van der Waals surface area contributed by atoms with Gasteiger partial charge in [-0.3, -0.25) is 19.6 Å². The standard InChI is InChI=1S/C26H22N2O3.C25H26N2O3/c29-21-10-6-19(7-11-21)14-23(31)16-24-25(15-18-4-2-1-3-5-18)28-26(17-27-24)20-8-12-22(30)13-9-20;28-20-9-5-18(6-10-20)13-22(30)15-23-24(14-17-3-1-2-4-17)27-25(16-26-23)19-7-11-21(29)12-8-19/h1-13,17,29-30H,14-16H2;5-12,16-17,28-29H,1-4,13-15H2. The molecule has 0 aliphatic heterocycles. The number of aromatic hydroxyl groups is 4. The van der Waals surface area contributed by atoms with Gasteiger partial charge in [0, 0.05) is 30.4 Å². The molecule has 7 aromatic rings. The highest BCUT2D eigenvalue weighted by Gasteiger charge is 2.21. The van der Waals surface area contributed by atoms with Crippen molar-refractivity contribution in [3.05, 3.63) is 179 Å². The Morgan fingerprint density at radius 1 is 0.459 bits per heavy atom. The summed E-state index contributed by atoms with van der Waals surface area (Å²) in [5.74, 6) is 1.50. The Bertz CT molecular complexity index is 2540. The number of phenols is 4. The molecule has 1 aliphatic carbocycles. The molecule has 1 saturated carbocycles. The number of ketones is 2. The number of phenolic OH excluding ortho intramolecular Hbond substituents is 4. The van der Waals surface area contributed by atoms with Crippen molar-refractivity contribution < 1.29 is 30.0 Å². The van der Waals surface area contributed by atoms with Crippen LogP contribution in [0.4, 0.5) is 0 Å². The van der Waals surface area contributed by atoms with Crippen molar-refractivity contribution in [2.24, 2.45) is 5.92 Å². The predicted octanol–water partition coefficient (Wildman–Crippen LogP) is 9.14. The van der Waals surface area contributed by atoms with Crippen LogP contribution in [0.25, 0.3) is 22.5 Å². The molecule has 5 aromatic carbocycles. The molecular formula is C51H48N4O6. The summed E-state index contributed by atoms with van der Waals surface area (Å²) >= 11 is 0. The Labute approximate surface area is 355 Å². The number of hydrogen-bond donors (Lipinski definition) is 4. The third-order valence-electron chi connectivity index (χ3n) is 10.8. The molecule has 0 spiro atoms. The molecule has 0 unspecified atom stereocenters. The van der Waals surface area contributed by atoms with Crippen molar-refractivity contribution in [3.63, 3.8) is 0 Å². The Hall–Kier alpha value is -7.20. The second-order valence-electron chi connectivity index (χ2n) is 15.5. The van der Waals surface area contributed by atoms with Crippen LogP contribution in [0.2, 0.25) is 0 Å². The zero-order valence-electron chi connectivity index (χ0n) is 33.8. The number of hydrogen-bond acceptors (Lipinski definition) is 10. The molecular weight excluding hydrogens is 765 g/mol. The van der Waals surface area contributed by atoms with E-state index in [2.05, 4.69) is 9.97 Å². The van der Waals surface area contributed by atoms with Crippen molar-refractivity contribution in [3.8, 4) is 45.5 Å². The topological polar surface area (TPSA) is 167 Å². The van der Waals surface area contributed by atoms with E-state index in [0.717, 1.165) is 57.0 Å². The first-order chi connectivity index (χ1) is 29.6. The minimum absolute atomic E-state index is 0.0340. The van der Waals surface area contributed by atoms with Gasteiger partial charge in [0.2, 0.25) is 0 Å². The number of Topliss-reactive ketones (excluding diaryl/α,β-unsaturated/α-hetero) is 2. The summed E-state index contributed by atoms with van der Waals surface area (Å²) in [5.41, 5.74) is 9.11. The molecule has 61 heavy (non-hydrogen) atoms. The smallest absolute Gasteiger partial charge is 0.143 e. The Balaban J connectivity index is 0.000000184. The SMILES string of the molecule is O=C(Cc1ccc(O)cc1)Cc1ncc(-c2ccc(O)cc2)nc1CC1CCCC1.O=C(Cc1ccc(O)cc1)Cc1ncc(-c2ccc(O)cc2)nc1Cc1ccccc1. The summed E-state index contributed by atoms with van der Waals surface area (Å²) in [4.78, 5) is 44.3. The fraction of sp³-hybridized carbons (Fsp3) is 0.216. The lowest BCUT2D eigenvalue weighted by molar-refractivity contribution is -0.118. The lowest BCUT2D eigenvalue weighted by atomic mass is 9.97. The molecule has 2 aromatic heterocycles. The normalized spacial score (nSPS) is 12.4. The van der Waals surface area contributed by atoms with E-state index in [4.69, 9.17) is 9.97 Å². The third-order valence-corrected chi connectivity index (χ3v) is 10.8. The van der Waals surface area contributed by atoms with Gasteiger partial charge in [0.1, 0.15) is 34.6 Å². The molecule has 10 heteroatoms. The molecule has 2 heterocycles. The Morgan fingerprint density at radius 3 is 1.33 bits per heavy atom. The van der Waals surface area contributed by atoms with Gasteiger partial charge in [-0.25, -0.2) is 9.97 Å². The van der Waals surface area contributed by atoms with Crippen molar-refractivity contribution in [1.82, 2.24) is 19.9 Å². The average molecular weight is 813 g/mol.